The number of aliphatic hydroxyl groups is 1. The van der Waals surface area contributed by atoms with Gasteiger partial charge in [-0.05, 0) is 96.2 Å². The third-order valence-corrected chi connectivity index (χ3v) is 10.8. The molecule has 0 aliphatic rings. The first-order valence-corrected chi connectivity index (χ1v) is 21.7. The Morgan fingerprint density at radius 2 is 1.12 bits per heavy atom. The number of hydrogen-bond acceptors (Lipinski definition) is 6. The second kappa shape index (κ2) is 32.5. The van der Waals surface area contributed by atoms with Crippen LogP contribution >= 0.6 is 0 Å². The smallest absolute Gasteiger partial charge is 0.311 e. The van der Waals surface area contributed by atoms with Gasteiger partial charge in [-0.15, -0.1) is 0 Å². The van der Waals surface area contributed by atoms with E-state index in [0.29, 0.717) is 19.6 Å². The Balaban J connectivity index is 4.14. The van der Waals surface area contributed by atoms with E-state index in [2.05, 4.69) is 39.5 Å². The molecule has 0 bridgehead atoms. The highest BCUT2D eigenvalue weighted by Gasteiger charge is 2.28. The fourth-order valence-electron chi connectivity index (χ4n) is 6.85. The summed E-state index contributed by atoms with van der Waals surface area (Å²) in [6.07, 6.45) is 29.6. The average molecular weight is 710 g/mol. The van der Waals surface area contributed by atoms with Gasteiger partial charge in [0.15, 0.2) is 0 Å². The van der Waals surface area contributed by atoms with Gasteiger partial charge < -0.3 is 19.5 Å². The van der Waals surface area contributed by atoms with Gasteiger partial charge in [-0.25, -0.2) is 0 Å². The third kappa shape index (κ3) is 29.4. The van der Waals surface area contributed by atoms with Crippen LogP contribution in [-0.2, 0) is 19.1 Å². The Kier molecular flexibility index (Phi) is 31.8. The number of hydrogen-bond donors (Lipinski definition) is 1. The SMILES string of the molecule is CCCCCCCCCOC(=O)C(C)(C)CCCCCCN(CCCCO)CCCCCC(C)(C)COC(=O)CCCCCCC(CC)CC. The van der Waals surface area contributed by atoms with E-state index in [1.54, 1.807) is 0 Å². The molecule has 0 aromatic rings. The van der Waals surface area contributed by atoms with E-state index >= 15 is 0 Å². The molecule has 0 atom stereocenters. The fraction of sp³-hybridized carbons (Fsp3) is 0.955. The number of ether oxygens (including phenoxy) is 2. The largest absolute Gasteiger partial charge is 0.465 e. The molecule has 6 nitrogen and oxygen atoms in total. The van der Waals surface area contributed by atoms with Crippen molar-refractivity contribution in [2.75, 3.05) is 39.5 Å². The van der Waals surface area contributed by atoms with Crippen molar-refractivity contribution >= 4 is 11.9 Å². The number of unbranched alkanes of at least 4 members (excludes halogenated alkanes) is 15. The fourth-order valence-corrected chi connectivity index (χ4v) is 6.85. The van der Waals surface area contributed by atoms with Crippen LogP contribution in [0, 0.1) is 16.7 Å². The lowest BCUT2D eigenvalue weighted by molar-refractivity contribution is -0.154. The summed E-state index contributed by atoms with van der Waals surface area (Å²) in [6, 6.07) is 0. The molecular weight excluding hydrogens is 622 g/mol. The summed E-state index contributed by atoms with van der Waals surface area (Å²) >= 11 is 0. The van der Waals surface area contributed by atoms with Crippen LogP contribution in [0.15, 0.2) is 0 Å². The summed E-state index contributed by atoms with van der Waals surface area (Å²) in [5.41, 5.74) is -0.385. The zero-order chi connectivity index (χ0) is 37.4. The molecule has 1 N–H and O–H groups in total. The van der Waals surface area contributed by atoms with Crippen molar-refractivity contribution in [1.29, 1.82) is 0 Å². The Hall–Kier alpha value is -1.14. The summed E-state index contributed by atoms with van der Waals surface area (Å²) in [7, 11) is 0. The van der Waals surface area contributed by atoms with Gasteiger partial charge in [0.1, 0.15) is 0 Å². The first-order chi connectivity index (χ1) is 24.0. The monoisotopic (exact) mass is 710 g/mol. The normalized spacial score (nSPS) is 12.3. The molecule has 298 valence electrons. The van der Waals surface area contributed by atoms with Crippen LogP contribution in [-0.4, -0.2) is 61.4 Å². The van der Waals surface area contributed by atoms with Gasteiger partial charge in [0, 0.05) is 13.0 Å². The van der Waals surface area contributed by atoms with Gasteiger partial charge in [0.25, 0.3) is 0 Å². The number of aliphatic hydroxyl groups excluding tert-OH is 1. The molecule has 6 heteroatoms. The lowest BCUT2D eigenvalue weighted by Crippen LogP contribution is -2.28. The van der Waals surface area contributed by atoms with E-state index in [1.165, 1.54) is 89.9 Å². The Labute approximate surface area is 312 Å². The highest BCUT2D eigenvalue weighted by atomic mass is 16.5. The van der Waals surface area contributed by atoms with Crippen molar-refractivity contribution in [2.24, 2.45) is 16.7 Å². The Bertz CT molecular complexity index is 778. The maximum atomic E-state index is 12.7. The number of rotatable bonds is 37. The summed E-state index contributed by atoms with van der Waals surface area (Å²) < 4.78 is 11.3. The second-order valence-electron chi connectivity index (χ2n) is 16.8. The predicted molar refractivity (Wildman–Crippen MR) is 214 cm³/mol. The molecule has 0 heterocycles. The van der Waals surface area contributed by atoms with Gasteiger partial charge in [-0.1, -0.05) is 144 Å². The van der Waals surface area contributed by atoms with Crippen molar-refractivity contribution in [1.82, 2.24) is 4.90 Å². The standard InChI is InChI=1S/C44H87NO5/c1-8-11-12-13-14-19-29-38-49-42(48)44(6,7)33-24-17-18-25-34-45(36-27-28-37-46)35-26-20-23-32-43(4,5)39-50-41(47)31-22-16-15-21-30-40(9-2)10-3/h40,46H,8-39H2,1-7H3. The highest BCUT2D eigenvalue weighted by molar-refractivity contribution is 5.75. The molecule has 0 spiro atoms. The van der Waals surface area contributed by atoms with Gasteiger partial charge in [0.2, 0.25) is 0 Å². The zero-order valence-electron chi connectivity index (χ0n) is 34.7. The van der Waals surface area contributed by atoms with Crippen LogP contribution in [0.5, 0.6) is 0 Å². The minimum atomic E-state index is -0.403. The first kappa shape index (κ1) is 48.9. The molecule has 0 aromatic carbocycles. The van der Waals surface area contributed by atoms with Crippen molar-refractivity contribution in [3.8, 4) is 0 Å². The minimum Gasteiger partial charge on any atom is -0.465 e. The Morgan fingerprint density at radius 1 is 0.600 bits per heavy atom. The molecule has 0 saturated carbocycles. The lowest BCUT2D eigenvalue weighted by atomic mass is 9.87. The molecule has 50 heavy (non-hydrogen) atoms. The van der Waals surface area contributed by atoms with Crippen LogP contribution in [0.1, 0.15) is 215 Å². The van der Waals surface area contributed by atoms with Crippen LogP contribution in [0.4, 0.5) is 0 Å². The van der Waals surface area contributed by atoms with E-state index < -0.39 is 5.41 Å². The Morgan fingerprint density at radius 3 is 1.76 bits per heavy atom. The van der Waals surface area contributed by atoms with E-state index in [9.17, 15) is 14.7 Å². The molecule has 0 fully saturated rings. The molecular formula is C44H87NO5. The molecule has 0 saturated heterocycles. The predicted octanol–water partition coefficient (Wildman–Crippen LogP) is 12.2. The van der Waals surface area contributed by atoms with Crippen molar-refractivity contribution in [3.05, 3.63) is 0 Å². The molecule has 0 aromatic heterocycles. The number of esters is 2. The van der Waals surface area contributed by atoms with Crippen molar-refractivity contribution in [3.63, 3.8) is 0 Å². The number of carbonyl (C=O) groups excluding carboxylic acids is 2. The molecule has 0 unspecified atom stereocenters. The van der Waals surface area contributed by atoms with E-state index in [1.807, 2.05) is 13.8 Å². The summed E-state index contributed by atoms with van der Waals surface area (Å²) in [5, 5.41) is 9.29. The molecule has 0 aliphatic heterocycles. The van der Waals surface area contributed by atoms with Crippen LogP contribution in [0.25, 0.3) is 0 Å². The van der Waals surface area contributed by atoms with Crippen molar-refractivity contribution in [2.45, 2.75) is 215 Å². The summed E-state index contributed by atoms with van der Waals surface area (Å²) in [4.78, 5) is 27.6. The number of carbonyl (C=O) groups is 2. The second-order valence-corrected chi connectivity index (χ2v) is 16.8. The van der Waals surface area contributed by atoms with E-state index in [0.717, 1.165) is 96.2 Å². The first-order valence-electron chi connectivity index (χ1n) is 21.7. The molecule has 0 aliphatic carbocycles. The average Bonchev–Trinajstić information content (AvgIpc) is 3.09. The molecule has 0 rings (SSSR count). The van der Waals surface area contributed by atoms with Crippen LogP contribution in [0.3, 0.4) is 0 Å². The van der Waals surface area contributed by atoms with Gasteiger partial charge in [-0.3, -0.25) is 9.59 Å². The lowest BCUT2D eigenvalue weighted by Gasteiger charge is -2.25. The van der Waals surface area contributed by atoms with Gasteiger partial charge in [-0.2, -0.15) is 0 Å². The van der Waals surface area contributed by atoms with Crippen LogP contribution < -0.4 is 0 Å². The quantitative estimate of drug-likeness (QED) is 0.0511. The van der Waals surface area contributed by atoms with Gasteiger partial charge >= 0.3 is 11.9 Å². The van der Waals surface area contributed by atoms with Crippen LogP contribution in [0.2, 0.25) is 0 Å². The van der Waals surface area contributed by atoms with E-state index in [4.69, 9.17) is 9.47 Å². The maximum Gasteiger partial charge on any atom is 0.311 e. The molecule has 0 amide bonds. The van der Waals surface area contributed by atoms with E-state index in [-0.39, 0.29) is 24.0 Å². The zero-order valence-corrected chi connectivity index (χ0v) is 34.7. The number of nitrogens with zero attached hydrogens (tertiary/aromatic N) is 1. The maximum absolute atomic E-state index is 12.7. The third-order valence-electron chi connectivity index (χ3n) is 10.8. The van der Waals surface area contributed by atoms with Crippen molar-refractivity contribution < 1.29 is 24.2 Å². The summed E-state index contributed by atoms with van der Waals surface area (Å²) in [6.45, 7) is 20.0. The summed E-state index contributed by atoms with van der Waals surface area (Å²) in [5.74, 6) is 0.802. The molecule has 0 radical (unpaired) electrons. The highest BCUT2D eigenvalue weighted by Crippen LogP contribution is 2.27. The van der Waals surface area contributed by atoms with Gasteiger partial charge in [0.05, 0.1) is 18.6 Å². The topological polar surface area (TPSA) is 76.1 Å². The minimum absolute atomic E-state index is 0.0185.